The molecular weight excluding hydrogens is 219 g/mol. The predicted octanol–water partition coefficient (Wildman–Crippen LogP) is 2.93. The molecule has 76 valence electrons. The van der Waals surface area contributed by atoms with E-state index in [2.05, 4.69) is 0 Å². The van der Waals surface area contributed by atoms with Gasteiger partial charge in [-0.25, -0.2) is 0 Å². The Balaban J connectivity index is 3.21. The first-order chi connectivity index (χ1) is 6.45. The molecule has 6 heteroatoms. The number of carbonyl (C=O) groups is 1. The Hall–Kier alpha value is -1.23. The lowest BCUT2D eigenvalue weighted by Gasteiger charge is -2.11. The minimum atomic E-state index is -4.50. The molecule has 1 aromatic carbocycles. The van der Waals surface area contributed by atoms with Gasteiger partial charge in [0.05, 0.1) is 11.3 Å². The van der Waals surface area contributed by atoms with Crippen molar-refractivity contribution in [2.24, 2.45) is 0 Å². The Bertz CT molecular complexity index is 351. The van der Waals surface area contributed by atoms with Gasteiger partial charge in [0.25, 0.3) is 0 Å². The first-order valence-corrected chi connectivity index (χ1v) is 3.90. The highest BCUT2D eigenvalue weighted by molar-refractivity contribution is 6.30. The summed E-state index contributed by atoms with van der Waals surface area (Å²) >= 11 is 5.48. The molecule has 0 fully saturated rings. The number of amides is 1. The van der Waals surface area contributed by atoms with Crippen molar-refractivity contribution in [1.82, 2.24) is 0 Å². The normalized spacial score (nSPS) is 11.1. The highest BCUT2D eigenvalue weighted by atomic mass is 35.5. The summed E-state index contributed by atoms with van der Waals surface area (Å²) in [5.74, 6) is 0. The summed E-state index contributed by atoms with van der Waals surface area (Å²) < 4.78 is 36.9. The number of hydrogen-bond acceptors (Lipinski definition) is 1. The van der Waals surface area contributed by atoms with E-state index in [4.69, 9.17) is 11.6 Å². The van der Waals surface area contributed by atoms with Crippen LogP contribution >= 0.6 is 11.6 Å². The lowest BCUT2D eigenvalue weighted by atomic mass is 10.1. The van der Waals surface area contributed by atoms with Crippen molar-refractivity contribution >= 4 is 23.7 Å². The average Bonchev–Trinajstić information content (AvgIpc) is 2.02. The summed E-state index contributed by atoms with van der Waals surface area (Å²) in [6.07, 6.45) is -4.34. The third-order valence-electron chi connectivity index (χ3n) is 1.50. The summed E-state index contributed by atoms with van der Waals surface area (Å²) in [5, 5.41) is 2.07. The first kappa shape index (κ1) is 10.8. The molecule has 14 heavy (non-hydrogen) atoms. The third-order valence-corrected chi connectivity index (χ3v) is 1.74. The van der Waals surface area contributed by atoms with E-state index in [-0.39, 0.29) is 17.1 Å². The van der Waals surface area contributed by atoms with Crippen molar-refractivity contribution < 1.29 is 18.0 Å². The SMILES string of the molecule is O=CNc1cc(Cl)ccc1C(F)(F)F. The van der Waals surface area contributed by atoms with Crippen LogP contribution in [0.2, 0.25) is 5.02 Å². The van der Waals surface area contributed by atoms with Gasteiger partial charge >= 0.3 is 6.18 Å². The van der Waals surface area contributed by atoms with Crippen LogP contribution in [0.4, 0.5) is 18.9 Å². The fraction of sp³-hybridized carbons (Fsp3) is 0.125. The van der Waals surface area contributed by atoms with Crippen LogP contribution in [0.1, 0.15) is 5.56 Å². The van der Waals surface area contributed by atoms with E-state index in [0.717, 1.165) is 18.2 Å². The van der Waals surface area contributed by atoms with Gasteiger partial charge in [0.1, 0.15) is 0 Å². The molecule has 0 saturated heterocycles. The molecule has 0 spiro atoms. The topological polar surface area (TPSA) is 29.1 Å². The van der Waals surface area contributed by atoms with Crippen LogP contribution in [0, 0.1) is 0 Å². The smallest absolute Gasteiger partial charge is 0.328 e. The Morgan fingerprint density at radius 1 is 1.36 bits per heavy atom. The molecule has 2 nitrogen and oxygen atoms in total. The number of rotatable bonds is 2. The second-order valence-corrected chi connectivity index (χ2v) is 2.89. The lowest BCUT2D eigenvalue weighted by molar-refractivity contribution is -0.136. The Morgan fingerprint density at radius 2 is 2.00 bits per heavy atom. The van der Waals surface area contributed by atoms with Crippen LogP contribution in [0.25, 0.3) is 0 Å². The minimum absolute atomic E-state index is 0.127. The van der Waals surface area contributed by atoms with Gasteiger partial charge in [-0.2, -0.15) is 13.2 Å². The van der Waals surface area contributed by atoms with E-state index < -0.39 is 11.7 Å². The number of hydrogen-bond donors (Lipinski definition) is 1. The maximum atomic E-state index is 12.3. The summed E-state index contributed by atoms with van der Waals surface area (Å²) in [5.41, 5.74) is -1.27. The van der Waals surface area contributed by atoms with Crippen LogP contribution in [-0.4, -0.2) is 6.41 Å². The van der Waals surface area contributed by atoms with Crippen molar-refractivity contribution in [3.05, 3.63) is 28.8 Å². The molecule has 0 unspecified atom stereocenters. The quantitative estimate of drug-likeness (QED) is 0.768. The van der Waals surface area contributed by atoms with Gasteiger partial charge in [-0.15, -0.1) is 0 Å². The lowest BCUT2D eigenvalue weighted by Crippen LogP contribution is -2.09. The van der Waals surface area contributed by atoms with E-state index >= 15 is 0 Å². The second-order valence-electron chi connectivity index (χ2n) is 2.45. The van der Waals surface area contributed by atoms with E-state index in [1.807, 2.05) is 5.32 Å². The highest BCUT2D eigenvalue weighted by Gasteiger charge is 2.33. The molecule has 0 bridgehead atoms. The Morgan fingerprint density at radius 3 is 2.50 bits per heavy atom. The fourth-order valence-corrected chi connectivity index (χ4v) is 1.12. The Kier molecular flexibility index (Phi) is 3.00. The number of carbonyl (C=O) groups excluding carboxylic acids is 1. The van der Waals surface area contributed by atoms with Crippen molar-refractivity contribution in [3.8, 4) is 0 Å². The van der Waals surface area contributed by atoms with Crippen molar-refractivity contribution in [3.63, 3.8) is 0 Å². The molecule has 0 aromatic heterocycles. The van der Waals surface area contributed by atoms with Crippen LogP contribution in [0.3, 0.4) is 0 Å². The highest BCUT2D eigenvalue weighted by Crippen LogP contribution is 2.35. The first-order valence-electron chi connectivity index (χ1n) is 3.52. The molecule has 0 aliphatic carbocycles. The summed E-state index contributed by atoms with van der Waals surface area (Å²) in [7, 11) is 0. The molecule has 1 N–H and O–H groups in total. The summed E-state index contributed by atoms with van der Waals surface area (Å²) in [6, 6.07) is 2.97. The van der Waals surface area contributed by atoms with E-state index in [9.17, 15) is 18.0 Å². The van der Waals surface area contributed by atoms with Gasteiger partial charge in [0.2, 0.25) is 6.41 Å². The Labute approximate surface area is 82.7 Å². The summed E-state index contributed by atoms with van der Waals surface area (Å²) in [6.45, 7) is 0. The molecule has 0 heterocycles. The van der Waals surface area contributed by atoms with Crippen LogP contribution in [0.15, 0.2) is 18.2 Å². The number of halogens is 4. The van der Waals surface area contributed by atoms with Crippen molar-refractivity contribution in [1.29, 1.82) is 0 Å². The van der Waals surface area contributed by atoms with Gasteiger partial charge in [-0.05, 0) is 18.2 Å². The average molecular weight is 224 g/mol. The molecule has 1 rings (SSSR count). The van der Waals surface area contributed by atoms with E-state index in [0.29, 0.717) is 0 Å². The molecule has 0 radical (unpaired) electrons. The van der Waals surface area contributed by atoms with E-state index in [1.165, 1.54) is 0 Å². The second kappa shape index (κ2) is 3.88. The molecule has 0 aliphatic rings. The van der Waals surface area contributed by atoms with Gasteiger partial charge in [0.15, 0.2) is 0 Å². The van der Waals surface area contributed by atoms with Gasteiger partial charge in [-0.3, -0.25) is 4.79 Å². The van der Waals surface area contributed by atoms with Crippen molar-refractivity contribution in [2.75, 3.05) is 5.32 Å². The molecular formula is C8H5ClF3NO. The number of anilines is 1. The van der Waals surface area contributed by atoms with Gasteiger partial charge in [0, 0.05) is 5.02 Å². The zero-order valence-corrected chi connectivity index (χ0v) is 7.49. The van der Waals surface area contributed by atoms with Gasteiger partial charge in [-0.1, -0.05) is 11.6 Å². The zero-order valence-electron chi connectivity index (χ0n) is 6.73. The minimum Gasteiger partial charge on any atom is -0.328 e. The van der Waals surface area contributed by atoms with Crippen molar-refractivity contribution in [2.45, 2.75) is 6.18 Å². The maximum Gasteiger partial charge on any atom is 0.418 e. The standard InChI is InChI=1S/C8H5ClF3NO/c9-5-1-2-6(8(10,11)12)7(3-5)13-4-14/h1-4H,(H,13,14). The molecule has 0 saturated carbocycles. The van der Waals surface area contributed by atoms with Crippen LogP contribution in [0.5, 0.6) is 0 Å². The number of nitrogens with one attached hydrogen (secondary N) is 1. The van der Waals surface area contributed by atoms with E-state index in [1.54, 1.807) is 0 Å². The molecule has 1 aromatic rings. The predicted molar refractivity (Wildman–Crippen MR) is 46.1 cm³/mol. The maximum absolute atomic E-state index is 12.3. The zero-order chi connectivity index (χ0) is 10.8. The largest absolute Gasteiger partial charge is 0.418 e. The van der Waals surface area contributed by atoms with Crippen LogP contribution in [-0.2, 0) is 11.0 Å². The monoisotopic (exact) mass is 223 g/mol. The number of alkyl halides is 3. The fourth-order valence-electron chi connectivity index (χ4n) is 0.947. The van der Waals surface area contributed by atoms with Crippen LogP contribution < -0.4 is 5.32 Å². The molecule has 0 aliphatic heterocycles. The summed E-state index contributed by atoms with van der Waals surface area (Å²) in [4.78, 5) is 10.0. The molecule has 1 amide bonds. The molecule has 0 atom stereocenters. The third kappa shape index (κ3) is 2.38. The number of benzene rings is 1. The van der Waals surface area contributed by atoms with Gasteiger partial charge < -0.3 is 5.32 Å².